The third-order valence-electron chi connectivity index (χ3n) is 8.56. The van der Waals surface area contributed by atoms with E-state index < -0.39 is 6.04 Å². The molecule has 0 bridgehead atoms. The number of aryl methyl sites for hydroxylation is 1. The number of amides is 4. The van der Waals surface area contributed by atoms with Crippen LogP contribution in [0.2, 0.25) is 0 Å². The minimum absolute atomic E-state index is 0.0157. The Morgan fingerprint density at radius 1 is 0.925 bits per heavy atom. The quantitative estimate of drug-likeness (QED) is 0.358. The van der Waals surface area contributed by atoms with Crippen molar-refractivity contribution in [3.63, 3.8) is 0 Å². The summed E-state index contributed by atoms with van der Waals surface area (Å²) in [6, 6.07) is 17.1. The van der Waals surface area contributed by atoms with Crippen molar-refractivity contribution in [1.29, 1.82) is 0 Å². The number of likely N-dealkylation sites (tertiary alicyclic amines) is 1. The van der Waals surface area contributed by atoms with Crippen molar-refractivity contribution < 1.29 is 19.2 Å². The van der Waals surface area contributed by atoms with Gasteiger partial charge in [0.15, 0.2) is 0 Å². The highest BCUT2D eigenvalue weighted by atomic mass is 16.2. The lowest BCUT2D eigenvalue weighted by atomic mass is 9.85. The Hall–Kier alpha value is -3.74. The van der Waals surface area contributed by atoms with E-state index >= 15 is 0 Å². The van der Waals surface area contributed by atoms with Crippen LogP contribution in [0.15, 0.2) is 66.7 Å². The second-order valence-corrected chi connectivity index (χ2v) is 11.4. The highest BCUT2D eigenvalue weighted by Crippen LogP contribution is 2.35. The van der Waals surface area contributed by atoms with Crippen LogP contribution in [0.3, 0.4) is 0 Å². The van der Waals surface area contributed by atoms with Gasteiger partial charge in [-0.3, -0.25) is 24.1 Å². The van der Waals surface area contributed by atoms with Crippen molar-refractivity contribution in [2.45, 2.75) is 76.9 Å². The highest BCUT2D eigenvalue weighted by Gasteiger charge is 2.47. The van der Waals surface area contributed by atoms with Gasteiger partial charge in [0.25, 0.3) is 0 Å². The molecule has 1 aliphatic heterocycles. The van der Waals surface area contributed by atoms with Crippen molar-refractivity contribution in [3.05, 3.63) is 83.4 Å². The van der Waals surface area contributed by atoms with Gasteiger partial charge in [-0.1, -0.05) is 85.2 Å². The Bertz CT molecular complexity index is 1240. The second kappa shape index (κ2) is 12.6. The zero-order valence-corrected chi connectivity index (χ0v) is 23.3. The molecule has 7 nitrogen and oxygen atoms in total. The third kappa shape index (κ3) is 6.35. The average Bonchev–Trinajstić information content (AvgIpc) is 3.56. The van der Waals surface area contributed by atoms with Crippen LogP contribution in [0, 0.1) is 18.8 Å². The first-order chi connectivity index (χ1) is 19.4. The standard InChI is InChI=1S/C33H39N3O4/c1-23-10-9-13-25(20-23)22-36(30(37)18-19-35-32(39)27-16-7-8-17-28(27)33(35)40)29(21-24-11-3-2-4-12-24)31(38)34-26-14-5-6-15-26/h2-4,7-13,20,26-29H,5-6,14-19,21-22H2,1H3,(H,34,38)/t27-,28+,29-/m0/s1. The number of hydrogen-bond donors (Lipinski definition) is 1. The van der Waals surface area contributed by atoms with Crippen LogP contribution in [0.4, 0.5) is 0 Å². The van der Waals surface area contributed by atoms with E-state index in [1.807, 2.05) is 73.7 Å². The minimum Gasteiger partial charge on any atom is -0.352 e. The fourth-order valence-electron chi connectivity index (χ4n) is 6.37. The van der Waals surface area contributed by atoms with Gasteiger partial charge < -0.3 is 10.2 Å². The van der Waals surface area contributed by atoms with Gasteiger partial charge in [0, 0.05) is 32.0 Å². The van der Waals surface area contributed by atoms with Crippen molar-refractivity contribution >= 4 is 23.6 Å². The highest BCUT2D eigenvalue weighted by molar-refractivity contribution is 6.05. The van der Waals surface area contributed by atoms with E-state index in [1.165, 1.54) is 4.90 Å². The van der Waals surface area contributed by atoms with Gasteiger partial charge >= 0.3 is 0 Å². The molecule has 1 heterocycles. The molecule has 210 valence electrons. The first-order valence-electron chi connectivity index (χ1n) is 14.6. The van der Waals surface area contributed by atoms with Gasteiger partial charge in [0.05, 0.1) is 11.8 Å². The molecule has 2 aliphatic carbocycles. The Morgan fingerprint density at radius 3 is 2.23 bits per heavy atom. The van der Waals surface area contributed by atoms with E-state index in [1.54, 1.807) is 4.90 Å². The van der Waals surface area contributed by atoms with E-state index in [0.29, 0.717) is 19.3 Å². The summed E-state index contributed by atoms with van der Waals surface area (Å²) in [7, 11) is 0. The zero-order valence-electron chi connectivity index (χ0n) is 23.3. The maximum absolute atomic E-state index is 14.0. The molecule has 2 aromatic carbocycles. The lowest BCUT2D eigenvalue weighted by molar-refractivity contribution is -0.144. The van der Waals surface area contributed by atoms with Gasteiger partial charge in [-0.15, -0.1) is 0 Å². The molecule has 0 spiro atoms. The summed E-state index contributed by atoms with van der Waals surface area (Å²) in [5, 5.41) is 3.22. The van der Waals surface area contributed by atoms with Crippen molar-refractivity contribution in [3.8, 4) is 0 Å². The van der Waals surface area contributed by atoms with Crippen LogP contribution in [0.25, 0.3) is 0 Å². The number of hydrogen-bond acceptors (Lipinski definition) is 4. The maximum atomic E-state index is 14.0. The average molecular weight is 542 g/mol. The summed E-state index contributed by atoms with van der Waals surface area (Å²) >= 11 is 0. The van der Waals surface area contributed by atoms with E-state index in [0.717, 1.165) is 42.4 Å². The van der Waals surface area contributed by atoms with Crippen LogP contribution in [-0.4, -0.2) is 52.1 Å². The molecular weight excluding hydrogens is 502 g/mol. The predicted molar refractivity (Wildman–Crippen MR) is 153 cm³/mol. The lowest BCUT2D eigenvalue weighted by Crippen LogP contribution is -2.52. The van der Waals surface area contributed by atoms with Gasteiger partial charge in [-0.2, -0.15) is 0 Å². The van der Waals surface area contributed by atoms with Crippen LogP contribution in [-0.2, 0) is 32.1 Å². The lowest BCUT2D eigenvalue weighted by Gasteiger charge is -2.33. The van der Waals surface area contributed by atoms with Crippen LogP contribution in [0.1, 0.15) is 61.6 Å². The molecular formula is C33H39N3O4. The number of allylic oxidation sites excluding steroid dienone is 2. The van der Waals surface area contributed by atoms with E-state index in [4.69, 9.17) is 0 Å². The van der Waals surface area contributed by atoms with E-state index in [-0.39, 0.29) is 61.0 Å². The number of nitrogens with one attached hydrogen (secondary N) is 1. The Morgan fingerprint density at radius 2 is 1.57 bits per heavy atom. The minimum atomic E-state index is -0.715. The number of carbonyl (C=O) groups excluding carboxylic acids is 4. The summed E-state index contributed by atoms with van der Waals surface area (Å²) in [6.07, 6.45) is 9.51. The van der Waals surface area contributed by atoms with Gasteiger partial charge in [-0.05, 0) is 43.7 Å². The Balaban J connectivity index is 1.39. The molecule has 1 saturated heterocycles. The Labute approximate surface area is 236 Å². The number of fused-ring (bicyclic) bond motifs is 1. The smallest absolute Gasteiger partial charge is 0.243 e. The summed E-state index contributed by atoms with van der Waals surface area (Å²) in [6.45, 7) is 2.31. The maximum Gasteiger partial charge on any atom is 0.243 e. The largest absolute Gasteiger partial charge is 0.352 e. The fourth-order valence-corrected chi connectivity index (χ4v) is 6.37. The molecule has 2 fully saturated rings. The zero-order chi connectivity index (χ0) is 28.1. The number of carbonyl (C=O) groups is 4. The molecule has 5 rings (SSSR count). The molecule has 0 radical (unpaired) electrons. The molecule has 3 aliphatic rings. The molecule has 7 heteroatoms. The number of imide groups is 1. The topological polar surface area (TPSA) is 86.8 Å². The second-order valence-electron chi connectivity index (χ2n) is 11.4. The van der Waals surface area contributed by atoms with Gasteiger partial charge in [-0.25, -0.2) is 0 Å². The Kier molecular flexibility index (Phi) is 8.78. The van der Waals surface area contributed by atoms with Crippen molar-refractivity contribution in [1.82, 2.24) is 15.1 Å². The van der Waals surface area contributed by atoms with Crippen LogP contribution in [0.5, 0.6) is 0 Å². The molecule has 3 atom stereocenters. The predicted octanol–water partition coefficient (Wildman–Crippen LogP) is 4.34. The first kappa shape index (κ1) is 27.8. The first-order valence-corrected chi connectivity index (χ1v) is 14.6. The normalized spacial score (nSPS) is 21.4. The molecule has 4 amide bonds. The molecule has 0 aromatic heterocycles. The van der Waals surface area contributed by atoms with Crippen molar-refractivity contribution in [2.24, 2.45) is 11.8 Å². The molecule has 0 unspecified atom stereocenters. The fraction of sp³-hybridized carbons (Fsp3) is 0.455. The molecule has 1 saturated carbocycles. The SMILES string of the molecule is Cc1cccc(CN(C(=O)CCN2C(=O)[C@H]3CC=CC[C@H]3C2=O)[C@@H](Cc2ccccc2)C(=O)NC2CCCC2)c1. The van der Waals surface area contributed by atoms with Gasteiger partial charge in [0.2, 0.25) is 23.6 Å². The van der Waals surface area contributed by atoms with Crippen LogP contribution >= 0.6 is 0 Å². The summed E-state index contributed by atoms with van der Waals surface area (Å²) in [5.41, 5.74) is 2.98. The van der Waals surface area contributed by atoms with E-state index in [2.05, 4.69) is 5.32 Å². The van der Waals surface area contributed by atoms with Gasteiger partial charge in [0.1, 0.15) is 6.04 Å². The molecule has 1 N–H and O–H groups in total. The van der Waals surface area contributed by atoms with Crippen LogP contribution < -0.4 is 5.32 Å². The monoisotopic (exact) mass is 541 g/mol. The summed E-state index contributed by atoms with van der Waals surface area (Å²) < 4.78 is 0. The molecule has 2 aromatic rings. The molecule has 40 heavy (non-hydrogen) atoms. The number of benzene rings is 2. The third-order valence-corrected chi connectivity index (χ3v) is 8.56. The number of nitrogens with zero attached hydrogens (tertiary/aromatic N) is 2. The van der Waals surface area contributed by atoms with Crippen molar-refractivity contribution in [2.75, 3.05) is 6.54 Å². The summed E-state index contributed by atoms with van der Waals surface area (Å²) in [5.74, 6) is -1.40. The van der Waals surface area contributed by atoms with E-state index in [9.17, 15) is 19.2 Å². The number of rotatable bonds is 10. The summed E-state index contributed by atoms with van der Waals surface area (Å²) in [4.78, 5) is 56.8.